The van der Waals surface area contributed by atoms with Gasteiger partial charge in [0.05, 0.1) is 23.8 Å². The van der Waals surface area contributed by atoms with E-state index < -0.39 is 42.6 Å². The first-order chi connectivity index (χ1) is 17.4. The number of aromatic nitrogens is 2. The van der Waals surface area contributed by atoms with Gasteiger partial charge in [-0.1, -0.05) is 11.6 Å². The maximum absolute atomic E-state index is 13.4. The van der Waals surface area contributed by atoms with E-state index in [0.29, 0.717) is 29.9 Å². The van der Waals surface area contributed by atoms with Crippen LogP contribution in [-0.2, 0) is 33.9 Å². The second-order valence-electron chi connectivity index (χ2n) is 8.53. The highest BCUT2D eigenvalue weighted by molar-refractivity contribution is 6.31. The number of urea groups is 1. The maximum atomic E-state index is 13.4. The van der Waals surface area contributed by atoms with Crippen LogP contribution in [0.2, 0.25) is 5.02 Å². The monoisotopic (exact) mass is 547 g/mol. The summed E-state index contributed by atoms with van der Waals surface area (Å²) in [5, 5.41) is 7.97. The molecule has 37 heavy (non-hydrogen) atoms. The summed E-state index contributed by atoms with van der Waals surface area (Å²) in [5.41, 5.74) is 1.67. The van der Waals surface area contributed by atoms with Crippen molar-refractivity contribution in [1.29, 1.82) is 0 Å². The smallest absolute Gasteiger partial charge is 0.422 e. The summed E-state index contributed by atoms with van der Waals surface area (Å²) >= 11 is 5.77. The number of carbonyl (C=O) groups excluding carboxylic acids is 3. The SMILES string of the molecule is CN1OC(CCC(=O)OCC(F)(F)F)Cn2nc3c(c2C1=O)CN(C(=O)Nc1ccc(F)c(Cl)c1)CC3. The second-order valence-corrected chi connectivity index (χ2v) is 8.94. The van der Waals surface area contributed by atoms with E-state index in [1.54, 1.807) is 0 Å². The van der Waals surface area contributed by atoms with Crippen LogP contribution in [0.4, 0.5) is 28.0 Å². The fraction of sp³-hybridized carbons (Fsp3) is 0.455. The third-order valence-corrected chi connectivity index (χ3v) is 6.09. The molecule has 0 bridgehead atoms. The first-order valence-corrected chi connectivity index (χ1v) is 11.6. The number of alkyl halides is 3. The second kappa shape index (κ2) is 10.5. The third-order valence-electron chi connectivity index (χ3n) is 5.80. The summed E-state index contributed by atoms with van der Waals surface area (Å²) in [6.07, 6.45) is -5.36. The molecule has 2 aromatic rings. The van der Waals surface area contributed by atoms with Crippen molar-refractivity contribution in [3.8, 4) is 0 Å². The average Bonchev–Trinajstić information content (AvgIpc) is 3.13. The van der Waals surface area contributed by atoms with E-state index in [-0.39, 0.29) is 36.6 Å². The molecule has 2 aliphatic rings. The van der Waals surface area contributed by atoms with Crippen LogP contribution in [0.25, 0.3) is 0 Å². The number of esters is 1. The van der Waals surface area contributed by atoms with Gasteiger partial charge in [-0.05, 0) is 24.6 Å². The topological polar surface area (TPSA) is 106 Å². The van der Waals surface area contributed by atoms with Crippen molar-refractivity contribution < 1.29 is 41.5 Å². The summed E-state index contributed by atoms with van der Waals surface area (Å²) in [6, 6.07) is 3.31. The van der Waals surface area contributed by atoms with Crippen molar-refractivity contribution in [1.82, 2.24) is 19.7 Å². The van der Waals surface area contributed by atoms with E-state index in [1.807, 2.05) is 0 Å². The maximum Gasteiger partial charge on any atom is 0.422 e. The first kappa shape index (κ1) is 26.7. The van der Waals surface area contributed by atoms with Gasteiger partial charge in [0, 0.05) is 37.7 Å². The molecule has 2 aliphatic heterocycles. The Kier molecular flexibility index (Phi) is 7.59. The number of rotatable bonds is 5. The van der Waals surface area contributed by atoms with Crippen LogP contribution in [0.3, 0.4) is 0 Å². The average molecular weight is 548 g/mol. The minimum absolute atomic E-state index is 0.00691. The molecule has 0 saturated heterocycles. The summed E-state index contributed by atoms with van der Waals surface area (Å²) in [4.78, 5) is 44.6. The lowest BCUT2D eigenvalue weighted by Gasteiger charge is -2.27. The zero-order valence-corrected chi connectivity index (χ0v) is 20.2. The normalized spacial score (nSPS) is 17.7. The number of anilines is 1. The van der Waals surface area contributed by atoms with Crippen LogP contribution in [0.1, 0.15) is 34.6 Å². The number of hydrogen-bond acceptors (Lipinski definition) is 6. The highest BCUT2D eigenvalue weighted by atomic mass is 35.5. The van der Waals surface area contributed by atoms with Crippen LogP contribution >= 0.6 is 11.6 Å². The van der Waals surface area contributed by atoms with Gasteiger partial charge in [-0.3, -0.25) is 19.1 Å². The quantitative estimate of drug-likeness (QED) is 0.453. The number of hydrogen-bond donors (Lipinski definition) is 1. The molecule has 1 aromatic heterocycles. The van der Waals surface area contributed by atoms with Crippen LogP contribution in [-0.4, -0.2) is 70.1 Å². The van der Waals surface area contributed by atoms with Crippen molar-refractivity contribution in [2.24, 2.45) is 0 Å². The number of amides is 3. The molecule has 0 radical (unpaired) electrons. The Morgan fingerprint density at radius 2 is 2.08 bits per heavy atom. The number of nitrogens with zero attached hydrogens (tertiary/aromatic N) is 4. The molecule has 15 heteroatoms. The van der Waals surface area contributed by atoms with Gasteiger partial charge in [0.1, 0.15) is 17.6 Å². The van der Waals surface area contributed by atoms with Gasteiger partial charge >= 0.3 is 18.2 Å². The van der Waals surface area contributed by atoms with Gasteiger partial charge in [0.15, 0.2) is 6.61 Å². The zero-order chi connectivity index (χ0) is 26.9. The molecule has 10 nitrogen and oxygen atoms in total. The van der Waals surface area contributed by atoms with Crippen molar-refractivity contribution >= 4 is 35.2 Å². The van der Waals surface area contributed by atoms with Crippen LogP contribution < -0.4 is 5.32 Å². The fourth-order valence-corrected chi connectivity index (χ4v) is 4.23. The molecule has 1 N–H and O–H groups in total. The molecule has 3 amide bonds. The Bertz CT molecular complexity index is 1220. The Morgan fingerprint density at radius 3 is 2.78 bits per heavy atom. The van der Waals surface area contributed by atoms with E-state index in [0.717, 1.165) is 11.1 Å². The van der Waals surface area contributed by atoms with E-state index in [2.05, 4.69) is 15.2 Å². The van der Waals surface area contributed by atoms with E-state index >= 15 is 0 Å². The largest absolute Gasteiger partial charge is 0.456 e. The molecule has 0 spiro atoms. The van der Waals surface area contributed by atoms with Gasteiger partial charge in [0.2, 0.25) is 0 Å². The molecule has 3 heterocycles. The molecule has 0 aliphatic carbocycles. The number of benzene rings is 1. The Labute approximate surface area is 213 Å². The van der Waals surface area contributed by atoms with Crippen LogP contribution in [0.5, 0.6) is 0 Å². The molecule has 1 aromatic carbocycles. The number of nitrogens with one attached hydrogen (secondary N) is 1. The zero-order valence-electron chi connectivity index (χ0n) is 19.5. The molecule has 4 rings (SSSR count). The first-order valence-electron chi connectivity index (χ1n) is 11.2. The summed E-state index contributed by atoms with van der Waals surface area (Å²) in [6.45, 7) is -1.24. The number of ether oxygens (including phenoxy) is 1. The number of fused-ring (bicyclic) bond motifs is 3. The molecule has 1 atom stereocenters. The van der Waals surface area contributed by atoms with Gasteiger partial charge in [-0.15, -0.1) is 0 Å². The minimum atomic E-state index is -4.62. The molecule has 0 saturated carbocycles. The van der Waals surface area contributed by atoms with Gasteiger partial charge in [0.25, 0.3) is 5.91 Å². The van der Waals surface area contributed by atoms with Crippen molar-refractivity contribution in [2.75, 3.05) is 25.5 Å². The summed E-state index contributed by atoms with van der Waals surface area (Å²) in [7, 11) is 1.37. The van der Waals surface area contributed by atoms with Crippen molar-refractivity contribution in [2.45, 2.75) is 44.6 Å². The van der Waals surface area contributed by atoms with E-state index in [4.69, 9.17) is 16.4 Å². The minimum Gasteiger partial charge on any atom is -0.456 e. The Morgan fingerprint density at radius 1 is 1.32 bits per heavy atom. The number of hydroxylamine groups is 2. The number of carbonyl (C=O) groups is 3. The predicted octanol–water partition coefficient (Wildman–Crippen LogP) is 3.54. The molecular weight excluding hydrogens is 526 g/mol. The Balaban J connectivity index is 1.44. The lowest BCUT2D eigenvalue weighted by Crippen LogP contribution is -2.39. The van der Waals surface area contributed by atoms with Crippen LogP contribution in [0, 0.1) is 5.82 Å². The molecule has 1 unspecified atom stereocenters. The highest BCUT2D eigenvalue weighted by Gasteiger charge is 2.36. The van der Waals surface area contributed by atoms with Crippen LogP contribution in [0.15, 0.2) is 18.2 Å². The standard InChI is InChI=1S/C22H22ClF4N5O5/c1-30-20(34)19-14-10-31(21(35)28-12-2-4-16(24)15(23)8-12)7-6-17(14)29-32(19)9-13(37-30)3-5-18(33)36-11-22(25,26)27/h2,4,8,13H,3,5-7,9-11H2,1H3,(H,28,35). The fourth-order valence-electron chi connectivity index (χ4n) is 4.05. The van der Waals surface area contributed by atoms with Gasteiger partial charge in [-0.25, -0.2) is 14.2 Å². The van der Waals surface area contributed by atoms with E-state index in [1.165, 1.54) is 28.8 Å². The lowest BCUT2D eigenvalue weighted by molar-refractivity contribution is -0.188. The summed E-state index contributed by atoms with van der Waals surface area (Å²) in [5.74, 6) is -2.18. The lowest BCUT2D eigenvalue weighted by atomic mass is 10.1. The van der Waals surface area contributed by atoms with Gasteiger partial charge < -0.3 is 15.0 Å². The van der Waals surface area contributed by atoms with E-state index in [9.17, 15) is 31.9 Å². The molecular formula is C22H22ClF4N5O5. The highest BCUT2D eigenvalue weighted by Crippen LogP contribution is 2.28. The third kappa shape index (κ3) is 6.31. The van der Waals surface area contributed by atoms with Gasteiger partial charge in [-0.2, -0.15) is 18.3 Å². The van der Waals surface area contributed by atoms with Crippen molar-refractivity contribution in [3.63, 3.8) is 0 Å². The molecule has 200 valence electrons. The predicted molar refractivity (Wildman–Crippen MR) is 120 cm³/mol. The number of halogens is 5. The molecule has 0 fully saturated rings. The summed E-state index contributed by atoms with van der Waals surface area (Å²) < 4.78 is 55.8. The van der Waals surface area contributed by atoms with Crippen molar-refractivity contribution in [3.05, 3.63) is 46.0 Å². The Hall–Kier alpha value is -3.39.